The van der Waals surface area contributed by atoms with Crippen molar-refractivity contribution in [3.05, 3.63) is 69.4 Å². The van der Waals surface area contributed by atoms with Crippen molar-refractivity contribution in [2.24, 2.45) is 0 Å². The summed E-state index contributed by atoms with van der Waals surface area (Å²) >= 11 is 1.47. The molecule has 8 nitrogen and oxygen atoms in total. The summed E-state index contributed by atoms with van der Waals surface area (Å²) in [5.41, 5.74) is 3.85. The third kappa shape index (κ3) is 4.67. The van der Waals surface area contributed by atoms with Crippen molar-refractivity contribution in [3.63, 3.8) is 0 Å². The SMILES string of the molecule is Cc1ccc(-c2csc3ncn(CCC(=O)N4CCN(Cc5cc(C)no5)CC4)c(=O)c23)cc1. The molecular weight excluding hydrogens is 450 g/mol. The first-order valence-electron chi connectivity index (χ1n) is 11.4. The zero-order valence-corrected chi connectivity index (χ0v) is 20.2. The number of aromatic nitrogens is 3. The Hall–Kier alpha value is -3.30. The number of benzene rings is 1. The van der Waals surface area contributed by atoms with E-state index in [0.29, 0.717) is 31.6 Å². The second-order valence-corrected chi connectivity index (χ2v) is 9.64. The van der Waals surface area contributed by atoms with Gasteiger partial charge in [0.05, 0.1) is 24.0 Å². The van der Waals surface area contributed by atoms with Crippen molar-refractivity contribution in [1.29, 1.82) is 0 Å². The first-order chi connectivity index (χ1) is 16.5. The van der Waals surface area contributed by atoms with E-state index in [2.05, 4.69) is 15.0 Å². The summed E-state index contributed by atoms with van der Waals surface area (Å²) < 4.78 is 6.86. The van der Waals surface area contributed by atoms with Crippen LogP contribution in [0.15, 0.2) is 51.4 Å². The first-order valence-corrected chi connectivity index (χ1v) is 12.3. The fourth-order valence-corrected chi connectivity index (χ4v) is 5.22. The van der Waals surface area contributed by atoms with E-state index in [0.717, 1.165) is 40.5 Å². The van der Waals surface area contributed by atoms with E-state index in [-0.39, 0.29) is 17.9 Å². The van der Waals surface area contributed by atoms with Crippen LogP contribution in [0.3, 0.4) is 0 Å². The van der Waals surface area contributed by atoms with E-state index in [9.17, 15) is 9.59 Å². The quantitative estimate of drug-likeness (QED) is 0.423. The van der Waals surface area contributed by atoms with Gasteiger partial charge >= 0.3 is 0 Å². The third-order valence-corrected chi connectivity index (χ3v) is 7.16. The van der Waals surface area contributed by atoms with Gasteiger partial charge in [0.15, 0.2) is 5.76 Å². The molecule has 1 aliphatic rings. The fourth-order valence-electron chi connectivity index (χ4n) is 4.31. The molecular formula is C25H27N5O3S. The van der Waals surface area contributed by atoms with Crippen LogP contribution in [0.4, 0.5) is 0 Å². The molecule has 0 aliphatic carbocycles. The van der Waals surface area contributed by atoms with Crippen molar-refractivity contribution in [1.82, 2.24) is 24.5 Å². The number of piperazine rings is 1. The normalized spacial score (nSPS) is 14.7. The largest absolute Gasteiger partial charge is 0.360 e. The molecule has 0 bridgehead atoms. The van der Waals surface area contributed by atoms with Crippen LogP contribution >= 0.6 is 11.3 Å². The molecule has 0 atom stereocenters. The summed E-state index contributed by atoms with van der Waals surface area (Å²) in [6, 6.07) is 10.1. The highest BCUT2D eigenvalue weighted by atomic mass is 32.1. The van der Waals surface area contributed by atoms with E-state index < -0.39 is 0 Å². The lowest BCUT2D eigenvalue weighted by molar-refractivity contribution is -0.133. The smallest absolute Gasteiger partial charge is 0.262 e. The molecule has 3 aromatic heterocycles. The van der Waals surface area contributed by atoms with Gasteiger partial charge in [-0.2, -0.15) is 0 Å². The number of rotatable bonds is 6. The Morgan fingerprint density at radius 2 is 1.88 bits per heavy atom. The highest BCUT2D eigenvalue weighted by Gasteiger charge is 2.22. The van der Waals surface area contributed by atoms with E-state index in [1.165, 1.54) is 16.9 Å². The topological polar surface area (TPSA) is 84.5 Å². The number of aryl methyl sites for hydroxylation is 3. The zero-order chi connectivity index (χ0) is 23.7. The maximum atomic E-state index is 13.2. The van der Waals surface area contributed by atoms with Gasteiger partial charge in [-0.15, -0.1) is 11.3 Å². The van der Waals surface area contributed by atoms with Gasteiger partial charge in [0.2, 0.25) is 5.91 Å². The van der Waals surface area contributed by atoms with Crippen LogP contribution in [0.1, 0.15) is 23.4 Å². The summed E-state index contributed by atoms with van der Waals surface area (Å²) in [4.78, 5) is 35.4. The molecule has 9 heteroatoms. The van der Waals surface area contributed by atoms with Gasteiger partial charge in [0.25, 0.3) is 5.56 Å². The summed E-state index contributed by atoms with van der Waals surface area (Å²) in [7, 11) is 0. The molecule has 34 heavy (non-hydrogen) atoms. The molecule has 4 heterocycles. The minimum Gasteiger partial charge on any atom is -0.360 e. The minimum atomic E-state index is -0.0956. The van der Waals surface area contributed by atoms with Crippen LogP contribution in [0.2, 0.25) is 0 Å². The number of carbonyl (C=O) groups excluding carboxylic acids is 1. The van der Waals surface area contributed by atoms with Crippen LogP contribution < -0.4 is 5.56 Å². The lowest BCUT2D eigenvalue weighted by Gasteiger charge is -2.34. The molecule has 4 aromatic rings. The van der Waals surface area contributed by atoms with Crippen LogP contribution in [-0.2, 0) is 17.9 Å². The van der Waals surface area contributed by atoms with Gasteiger partial charge in [-0.3, -0.25) is 19.1 Å². The van der Waals surface area contributed by atoms with Crippen molar-refractivity contribution >= 4 is 27.5 Å². The maximum Gasteiger partial charge on any atom is 0.262 e. The standard InChI is InChI=1S/C25H27N5O3S/c1-17-3-5-19(6-4-17)21-15-34-24-23(21)25(32)30(16-26-24)8-7-22(31)29-11-9-28(10-12-29)14-20-13-18(2)27-33-20/h3-6,13,15-16H,7-12,14H2,1-2H3. The zero-order valence-electron chi connectivity index (χ0n) is 19.4. The van der Waals surface area contributed by atoms with E-state index in [1.807, 2.05) is 54.5 Å². The predicted octanol–water partition coefficient (Wildman–Crippen LogP) is 3.46. The van der Waals surface area contributed by atoms with E-state index in [1.54, 1.807) is 10.9 Å². The minimum absolute atomic E-state index is 0.0613. The van der Waals surface area contributed by atoms with Crippen molar-refractivity contribution in [2.45, 2.75) is 33.4 Å². The highest BCUT2D eigenvalue weighted by Crippen LogP contribution is 2.30. The molecule has 1 saturated heterocycles. The van der Waals surface area contributed by atoms with Crippen LogP contribution in [0, 0.1) is 13.8 Å². The summed E-state index contributed by atoms with van der Waals surface area (Å²) in [6.45, 7) is 7.87. The number of amides is 1. The Balaban J connectivity index is 1.22. The number of carbonyl (C=O) groups is 1. The molecule has 1 amide bonds. The lowest BCUT2D eigenvalue weighted by atomic mass is 10.1. The molecule has 0 spiro atoms. The van der Waals surface area contributed by atoms with E-state index >= 15 is 0 Å². The molecule has 0 radical (unpaired) electrons. The van der Waals surface area contributed by atoms with Gasteiger partial charge in [0, 0.05) is 56.2 Å². The van der Waals surface area contributed by atoms with Gasteiger partial charge < -0.3 is 9.42 Å². The van der Waals surface area contributed by atoms with E-state index in [4.69, 9.17) is 4.52 Å². The number of nitrogens with zero attached hydrogens (tertiary/aromatic N) is 5. The second kappa shape index (κ2) is 9.52. The number of hydrogen-bond donors (Lipinski definition) is 0. The molecule has 176 valence electrons. The Bertz CT molecular complexity index is 1360. The van der Waals surface area contributed by atoms with Crippen molar-refractivity contribution < 1.29 is 9.32 Å². The van der Waals surface area contributed by atoms with Crippen LogP contribution in [-0.4, -0.2) is 56.6 Å². The number of hydrogen-bond acceptors (Lipinski definition) is 7. The Morgan fingerprint density at radius 3 is 2.59 bits per heavy atom. The Morgan fingerprint density at radius 1 is 1.12 bits per heavy atom. The number of fused-ring (bicyclic) bond motifs is 1. The average Bonchev–Trinajstić information content (AvgIpc) is 3.46. The molecule has 5 rings (SSSR count). The van der Waals surface area contributed by atoms with Crippen molar-refractivity contribution in [2.75, 3.05) is 26.2 Å². The van der Waals surface area contributed by atoms with Crippen LogP contribution in [0.25, 0.3) is 21.3 Å². The highest BCUT2D eigenvalue weighted by molar-refractivity contribution is 7.17. The van der Waals surface area contributed by atoms with Gasteiger partial charge in [-0.05, 0) is 19.4 Å². The molecule has 1 aliphatic heterocycles. The monoisotopic (exact) mass is 477 g/mol. The van der Waals surface area contributed by atoms with Crippen LogP contribution in [0.5, 0.6) is 0 Å². The molecule has 1 aromatic carbocycles. The molecule has 0 saturated carbocycles. The second-order valence-electron chi connectivity index (χ2n) is 8.78. The molecule has 1 fully saturated rings. The van der Waals surface area contributed by atoms with Gasteiger partial charge in [-0.1, -0.05) is 35.0 Å². The average molecular weight is 478 g/mol. The lowest BCUT2D eigenvalue weighted by Crippen LogP contribution is -2.48. The summed E-state index contributed by atoms with van der Waals surface area (Å²) in [6.07, 6.45) is 1.84. The first kappa shape index (κ1) is 22.5. The predicted molar refractivity (Wildman–Crippen MR) is 132 cm³/mol. The molecule has 0 unspecified atom stereocenters. The Kier molecular flexibility index (Phi) is 6.30. The summed E-state index contributed by atoms with van der Waals surface area (Å²) in [5, 5.41) is 6.54. The third-order valence-electron chi connectivity index (χ3n) is 6.27. The summed E-state index contributed by atoms with van der Waals surface area (Å²) in [5.74, 6) is 0.907. The van der Waals surface area contributed by atoms with Gasteiger partial charge in [-0.25, -0.2) is 4.98 Å². The maximum absolute atomic E-state index is 13.2. The Labute approximate surface area is 201 Å². The van der Waals surface area contributed by atoms with Crippen molar-refractivity contribution in [3.8, 4) is 11.1 Å². The van der Waals surface area contributed by atoms with Gasteiger partial charge in [0.1, 0.15) is 4.83 Å². The fraction of sp³-hybridized carbons (Fsp3) is 0.360. The molecule has 0 N–H and O–H groups in total. The number of thiophene rings is 1.